The van der Waals surface area contributed by atoms with Crippen LogP contribution in [0.3, 0.4) is 0 Å². The summed E-state index contributed by atoms with van der Waals surface area (Å²) in [5, 5.41) is 4.79. The van der Waals surface area contributed by atoms with Gasteiger partial charge in [-0.05, 0) is 30.5 Å². The molecule has 1 N–H and O–H groups in total. The minimum Gasteiger partial charge on any atom is -0.303 e. The van der Waals surface area contributed by atoms with Gasteiger partial charge in [0.2, 0.25) is 5.95 Å². The summed E-state index contributed by atoms with van der Waals surface area (Å²) in [6.07, 6.45) is 6.96. The molecule has 1 fully saturated rings. The van der Waals surface area contributed by atoms with Crippen molar-refractivity contribution in [2.75, 3.05) is 5.43 Å². The van der Waals surface area contributed by atoms with Crippen LogP contribution < -0.4 is 16.5 Å². The maximum Gasteiger partial charge on any atom is 0.318 e. The molecule has 3 aromatic rings. The lowest BCUT2D eigenvalue weighted by molar-refractivity contribution is 0.507. The molecule has 2 heterocycles. The molecule has 0 radical (unpaired) electrons. The van der Waals surface area contributed by atoms with Gasteiger partial charge in [0.05, 0.1) is 12.4 Å². The first-order chi connectivity index (χ1) is 13.5. The molecule has 0 saturated heterocycles. The maximum absolute atomic E-state index is 12.6. The van der Waals surface area contributed by atoms with Crippen molar-refractivity contribution in [1.82, 2.24) is 19.1 Å². The lowest BCUT2D eigenvalue weighted by Gasteiger charge is -2.17. The lowest BCUT2D eigenvalue weighted by atomic mass is 10.2. The zero-order chi connectivity index (χ0) is 19.7. The highest BCUT2D eigenvalue weighted by molar-refractivity contribution is 6.30. The van der Waals surface area contributed by atoms with Gasteiger partial charge in [0.25, 0.3) is 0 Å². The molecular formula is C19H19ClN6O2. The maximum atomic E-state index is 12.6. The van der Waals surface area contributed by atoms with Gasteiger partial charge in [-0.2, -0.15) is 10.1 Å². The number of hydrazone groups is 1. The number of anilines is 1. The summed E-state index contributed by atoms with van der Waals surface area (Å²) in [4.78, 5) is 33.7. The van der Waals surface area contributed by atoms with Gasteiger partial charge in [0.1, 0.15) is 5.52 Å². The van der Waals surface area contributed by atoms with E-state index in [1.165, 1.54) is 15.3 Å². The van der Waals surface area contributed by atoms with Crippen molar-refractivity contribution in [2.45, 2.75) is 31.7 Å². The van der Waals surface area contributed by atoms with Crippen LogP contribution in [0.2, 0.25) is 5.02 Å². The first kappa shape index (κ1) is 18.4. The molecule has 1 aromatic carbocycles. The number of fused-ring (bicyclic) bond motifs is 1. The average molecular weight is 399 g/mol. The van der Waals surface area contributed by atoms with Crippen LogP contribution in [0.25, 0.3) is 11.2 Å². The van der Waals surface area contributed by atoms with Crippen molar-refractivity contribution in [2.24, 2.45) is 12.1 Å². The quantitative estimate of drug-likeness (QED) is 0.414. The van der Waals surface area contributed by atoms with E-state index in [2.05, 4.69) is 20.5 Å². The van der Waals surface area contributed by atoms with E-state index in [1.807, 2.05) is 12.1 Å². The minimum atomic E-state index is -0.565. The van der Waals surface area contributed by atoms with Gasteiger partial charge in [-0.3, -0.25) is 14.2 Å². The van der Waals surface area contributed by atoms with Gasteiger partial charge in [0.15, 0.2) is 5.65 Å². The second kappa shape index (κ2) is 7.55. The summed E-state index contributed by atoms with van der Waals surface area (Å²) in [5.74, 6) is 0.252. The standard InChI is InChI=1S/C19H19ClN6O2/c1-25-15-11-21-19(24-22-10-12-6-8-13(20)9-7-12)23-16(15)26(18(28)17(25)27)14-4-2-3-5-14/h6-11,14H,2-5H2,1H3,(H,21,23,24)/b22-10+. The second-order valence-corrected chi connectivity index (χ2v) is 7.24. The van der Waals surface area contributed by atoms with Gasteiger partial charge in [-0.15, -0.1) is 0 Å². The monoisotopic (exact) mass is 398 g/mol. The van der Waals surface area contributed by atoms with Gasteiger partial charge in [-0.25, -0.2) is 10.4 Å². The zero-order valence-corrected chi connectivity index (χ0v) is 16.1. The van der Waals surface area contributed by atoms with Crippen LogP contribution in [-0.4, -0.2) is 25.3 Å². The summed E-state index contributed by atoms with van der Waals surface area (Å²) in [7, 11) is 1.56. The third kappa shape index (κ3) is 3.43. The molecular weight excluding hydrogens is 380 g/mol. The van der Waals surface area contributed by atoms with E-state index in [0.717, 1.165) is 31.2 Å². The number of hydrogen-bond acceptors (Lipinski definition) is 6. The zero-order valence-electron chi connectivity index (χ0n) is 15.3. The molecule has 4 rings (SSSR count). The molecule has 0 aliphatic heterocycles. The van der Waals surface area contributed by atoms with Gasteiger partial charge < -0.3 is 4.57 Å². The number of nitrogens with one attached hydrogen (secondary N) is 1. The SMILES string of the molecule is Cn1c(=O)c(=O)n(C2CCCC2)c2nc(N/N=C/c3ccc(Cl)cc3)ncc21. The van der Waals surface area contributed by atoms with Crippen molar-refractivity contribution in [3.8, 4) is 0 Å². The largest absolute Gasteiger partial charge is 0.318 e. The van der Waals surface area contributed by atoms with Crippen LogP contribution in [0.5, 0.6) is 0 Å². The highest BCUT2D eigenvalue weighted by atomic mass is 35.5. The Hall–Kier alpha value is -3.00. The van der Waals surface area contributed by atoms with Gasteiger partial charge in [-0.1, -0.05) is 36.6 Å². The van der Waals surface area contributed by atoms with Crippen molar-refractivity contribution in [1.29, 1.82) is 0 Å². The molecule has 9 heteroatoms. The van der Waals surface area contributed by atoms with E-state index < -0.39 is 11.1 Å². The smallest absolute Gasteiger partial charge is 0.303 e. The van der Waals surface area contributed by atoms with Crippen LogP contribution in [0.15, 0.2) is 45.2 Å². The molecule has 1 aliphatic carbocycles. The fourth-order valence-electron chi connectivity index (χ4n) is 3.50. The Kier molecular flexibility index (Phi) is 4.95. The molecule has 0 unspecified atom stereocenters. The van der Waals surface area contributed by atoms with E-state index in [0.29, 0.717) is 16.2 Å². The van der Waals surface area contributed by atoms with E-state index in [4.69, 9.17) is 11.6 Å². The number of benzene rings is 1. The summed E-state index contributed by atoms with van der Waals surface area (Å²) in [6, 6.07) is 7.21. The van der Waals surface area contributed by atoms with Crippen molar-refractivity contribution in [3.05, 3.63) is 61.8 Å². The fraction of sp³-hybridized carbons (Fsp3) is 0.316. The fourth-order valence-corrected chi connectivity index (χ4v) is 3.63. The average Bonchev–Trinajstić information content (AvgIpc) is 3.22. The summed E-state index contributed by atoms with van der Waals surface area (Å²) >= 11 is 5.87. The number of hydrogen-bond donors (Lipinski definition) is 1. The molecule has 0 bridgehead atoms. The Balaban J connectivity index is 1.72. The Bertz CT molecular complexity index is 1160. The van der Waals surface area contributed by atoms with Gasteiger partial charge in [0, 0.05) is 18.1 Å². The number of halogens is 1. The highest BCUT2D eigenvalue weighted by Crippen LogP contribution is 2.29. The summed E-state index contributed by atoms with van der Waals surface area (Å²) < 4.78 is 2.82. The van der Waals surface area contributed by atoms with Crippen LogP contribution in [0.4, 0.5) is 5.95 Å². The van der Waals surface area contributed by atoms with E-state index in [1.54, 1.807) is 25.4 Å². The minimum absolute atomic E-state index is 0.00998. The third-order valence-corrected chi connectivity index (χ3v) is 5.24. The predicted octanol–water partition coefficient (Wildman–Crippen LogP) is 2.70. The number of nitrogens with zero attached hydrogens (tertiary/aromatic N) is 5. The number of aryl methyl sites for hydroxylation is 1. The lowest BCUT2D eigenvalue weighted by Crippen LogP contribution is -2.42. The molecule has 0 spiro atoms. The highest BCUT2D eigenvalue weighted by Gasteiger charge is 2.23. The predicted molar refractivity (Wildman–Crippen MR) is 109 cm³/mol. The first-order valence-electron chi connectivity index (χ1n) is 9.07. The van der Waals surface area contributed by atoms with Crippen LogP contribution in [0, 0.1) is 0 Å². The molecule has 28 heavy (non-hydrogen) atoms. The first-order valence-corrected chi connectivity index (χ1v) is 9.45. The van der Waals surface area contributed by atoms with E-state index in [9.17, 15) is 9.59 Å². The molecule has 1 aliphatic rings. The molecule has 2 aromatic heterocycles. The topological polar surface area (TPSA) is 94.2 Å². The van der Waals surface area contributed by atoms with E-state index in [-0.39, 0.29) is 12.0 Å². The van der Waals surface area contributed by atoms with E-state index >= 15 is 0 Å². The summed E-state index contributed by atoms with van der Waals surface area (Å²) in [6.45, 7) is 0. The van der Waals surface area contributed by atoms with Crippen LogP contribution in [-0.2, 0) is 7.05 Å². The molecule has 1 saturated carbocycles. The summed E-state index contributed by atoms with van der Waals surface area (Å²) in [5.41, 5.74) is 3.50. The van der Waals surface area contributed by atoms with Crippen LogP contribution >= 0.6 is 11.6 Å². The number of rotatable bonds is 4. The molecule has 8 nitrogen and oxygen atoms in total. The second-order valence-electron chi connectivity index (χ2n) is 6.80. The Morgan fingerprint density at radius 3 is 2.61 bits per heavy atom. The number of aromatic nitrogens is 4. The molecule has 144 valence electrons. The molecule has 0 atom stereocenters. The Morgan fingerprint density at radius 1 is 1.18 bits per heavy atom. The van der Waals surface area contributed by atoms with Crippen molar-refractivity contribution >= 4 is 34.9 Å². The Morgan fingerprint density at radius 2 is 1.89 bits per heavy atom. The van der Waals surface area contributed by atoms with Crippen molar-refractivity contribution < 1.29 is 0 Å². The normalized spacial score (nSPS) is 14.9. The van der Waals surface area contributed by atoms with Crippen molar-refractivity contribution in [3.63, 3.8) is 0 Å². The van der Waals surface area contributed by atoms with Crippen LogP contribution in [0.1, 0.15) is 37.3 Å². The third-order valence-electron chi connectivity index (χ3n) is 4.98. The molecule has 0 amide bonds. The van der Waals surface area contributed by atoms with Gasteiger partial charge >= 0.3 is 11.1 Å². The Labute approximate surface area is 165 Å².